The molecule has 9 heteroatoms. The van der Waals surface area contributed by atoms with Gasteiger partial charge in [0.1, 0.15) is 5.60 Å². The average molecular weight is 427 g/mol. The van der Waals surface area contributed by atoms with Crippen LogP contribution in [-0.2, 0) is 24.1 Å². The highest BCUT2D eigenvalue weighted by Gasteiger charge is 2.46. The summed E-state index contributed by atoms with van der Waals surface area (Å²) in [5.74, 6) is -1.31. The van der Waals surface area contributed by atoms with Gasteiger partial charge in [-0.3, -0.25) is 4.79 Å². The van der Waals surface area contributed by atoms with E-state index in [4.69, 9.17) is 15.2 Å². The summed E-state index contributed by atoms with van der Waals surface area (Å²) in [4.78, 5) is 26.9. The van der Waals surface area contributed by atoms with Crippen molar-refractivity contribution in [3.8, 4) is 0 Å². The minimum Gasteiger partial charge on any atom is -0.466 e. The Kier molecular flexibility index (Phi) is 6.82. The Morgan fingerprint density at radius 2 is 1.90 bits per heavy atom. The molecule has 2 atom stereocenters. The van der Waals surface area contributed by atoms with Gasteiger partial charge in [-0.1, -0.05) is 6.92 Å². The smallest absolute Gasteiger partial charge is 0.410 e. The lowest BCUT2D eigenvalue weighted by atomic mass is 9.93. The van der Waals surface area contributed by atoms with Gasteiger partial charge in [0, 0.05) is 12.2 Å². The molecule has 1 amide bonds. The van der Waals surface area contributed by atoms with Gasteiger partial charge in [-0.05, 0) is 57.9 Å². The topological polar surface area (TPSA) is 116 Å². The second-order valence-corrected chi connectivity index (χ2v) is 10.2. The molecule has 2 N–H and O–H groups in total. The molecule has 0 bridgehead atoms. The van der Waals surface area contributed by atoms with Crippen LogP contribution in [0.2, 0.25) is 0 Å². The van der Waals surface area contributed by atoms with Gasteiger partial charge in [0.15, 0.2) is 9.84 Å². The Morgan fingerprint density at radius 3 is 2.45 bits per heavy atom. The van der Waals surface area contributed by atoms with Crippen LogP contribution in [0.15, 0.2) is 23.1 Å². The van der Waals surface area contributed by atoms with E-state index < -0.39 is 39.5 Å². The van der Waals surface area contributed by atoms with Crippen molar-refractivity contribution in [3.63, 3.8) is 0 Å². The molecular formula is C20H30N2O6S. The van der Waals surface area contributed by atoms with E-state index in [0.717, 1.165) is 0 Å². The van der Waals surface area contributed by atoms with Crippen LogP contribution in [-0.4, -0.2) is 49.9 Å². The number of carbonyl (C=O) groups is 2. The number of amides is 1. The van der Waals surface area contributed by atoms with E-state index in [1.807, 2.05) is 0 Å². The first-order chi connectivity index (χ1) is 13.4. The SMILES string of the molecule is CCOC(=O)[C@H]1CCN(C(=O)OC(C)(C)C)C1c1cc(N)ccc1S(=O)(=O)CC. The van der Waals surface area contributed by atoms with Crippen molar-refractivity contribution in [2.24, 2.45) is 5.92 Å². The number of carbonyl (C=O) groups excluding carboxylic acids is 2. The van der Waals surface area contributed by atoms with Gasteiger partial charge in [0.05, 0.1) is 29.2 Å². The predicted molar refractivity (Wildman–Crippen MR) is 109 cm³/mol. The number of ether oxygens (including phenoxy) is 2. The first-order valence-electron chi connectivity index (χ1n) is 9.69. The van der Waals surface area contributed by atoms with Crippen LogP contribution in [0.4, 0.5) is 10.5 Å². The molecule has 0 spiro atoms. The lowest BCUT2D eigenvalue weighted by Gasteiger charge is -2.31. The molecule has 162 valence electrons. The number of benzene rings is 1. The quantitative estimate of drug-likeness (QED) is 0.568. The van der Waals surface area contributed by atoms with Crippen LogP contribution < -0.4 is 5.73 Å². The molecule has 1 aliphatic rings. The molecule has 1 saturated heterocycles. The fourth-order valence-electron chi connectivity index (χ4n) is 3.44. The highest BCUT2D eigenvalue weighted by Crippen LogP contribution is 2.42. The van der Waals surface area contributed by atoms with E-state index in [1.54, 1.807) is 34.6 Å². The molecule has 1 aromatic carbocycles. The maximum absolute atomic E-state index is 12.9. The summed E-state index contributed by atoms with van der Waals surface area (Å²) >= 11 is 0. The van der Waals surface area contributed by atoms with E-state index in [9.17, 15) is 18.0 Å². The standard InChI is InChI=1S/C20H30N2O6S/c1-6-27-18(23)14-10-11-22(19(24)28-20(3,4)5)17(14)15-12-13(21)8-9-16(15)29(25,26)7-2/h8-9,12,14,17H,6-7,10-11,21H2,1-5H3/t14-,17?/m0/s1. The van der Waals surface area contributed by atoms with Gasteiger partial charge in [-0.2, -0.15) is 0 Å². The molecule has 1 heterocycles. The first-order valence-corrected chi connectivity index (χ1v) is 11.3. The number of likely N-dealkylation sites (tertiary alicyclic amines) is 1. The summed E-state index contributed by atoms with van der Waals surface area (Å²) in [6.45, 7) is 8.89. The fourth-order valence-corrected chi connectivity index (χ4v) is 4.56. The predicted octanol–water partition coefficient (Wildman–Crippen LogP) is 2.92. The van der Waals surface area contributed by atoms with Crippen molar-refractivity contribution < 1.29 is 27.5 Å². The van der Waals surface area contributed by atoms with Crippen molar-refractivity contribution in [1.29, 1.82) is 0 Å². The molecule has 8 nitrogen and oxygen atoms in total. The summed E-state index contributed by atoms with van der Waals surface area (Å²) < 4.78 is 36.1. The highest BCUT2D eigenvalue weighted by molar-refractivity contribution is 7.91. The Balaban J connectivity index is 2.61. The maximum atomic E-state index is 12.9. The van der Waals surface area contributed by atoms with Crippen molar-refractivity contribution in [1.82, 2.24) is 4.90 Å². The molecule has 1 aliphatic heterocycles. The van der Waals surface area contributed by atoms with Crippen LogP contribution in [0.25, 0.3) is 0 Å². The van der Waals surface area contributed by atoms with E-state index in [-0.39, 0.29) is 23.8 Å². The number of anilines is 1. The van der Waals surface area contributed by atoms with Gasteiger partial charge in [-0.25, -0.2) is 13.2 Å². The minimum absolute atomic E-state index is 0.0592. The van der Waals surface area contributed by atoms with Gasteiger partial charge >= 0.3 is 12.1 Å². The van der Waals surface area contributed by atoms with E-state index in [2.05, 4.69) is 0 Å². The second-order valence-electron chi connectivity index (χ2n) is 7.97. The Labute approximate surface area is 172 Å². The van der Waals surface area contributed by atoms with Crippen molar-refractivity contribution in [3.05, 3.63) is 23.8 Å². The molecule has 0 aromatic heterocycles. The molecule has 0 radical (unpaired) electrons. The largest absolute Gasteiger partial charge is 0.466 e. The van der Waals surface area contributed by atoms with Crippen LogP contribution in [0.5, 0.6) is 0 Å². The number of nitrogen functional groups attached to an aromatic ring is 1. The normalized spacial score (nSPS) is 19.8. The Hall–Kier alpha value is -2.29. The summed E-state index contributed by atoms with van der Waals surface area (Å²) in [6.07, 6.45) is -0.278. The zero-order chi connectivity index (χ0) is 22.0. The molecular weight excluding hydrogens is 396 g/mol. The number of sulfone groups is 1. The van der Waals surface area contributed by atoms with Crippen LogP contribution in [0.3, 0.4) is 0 Å². The lowest BCUT2D eigenvalue weighted by molar-refractivity contribution is -0.148. The summed E-state index contributed by atoms with van der Waals surface area (Å²) in [5.41, 5.74) is 5.85. The third-order valence-corrected chi connectivity index (χ3v) is 6.48. The van der Waals surface area contributed by atoms with Crippen LogP contribution in [0.1, 0.15) is 52.6 Å². The number of nitrogens with two attached hydrogens (primary N) is 1. The molecule has 1 aromatic rings. The van der Waals surface area contributed by atoms with Gasteiger partial charge in [0.25, 0.3) is 0 Å². The van der Waals surface area contributed by atoms with E-state index >= 15 is 0 Å². The Bertz CT molecular complexity index is 875. The summed E-state index contributed by atoms with van der Waals surface area (Å²) in [5, 5.41) is 0. The van der Waals surface area contributed by atoms with E-state index in [1.165, 1.54) is 23.1 Å². The third-order valence-electron chi connectivity index (χ3n) is 4.68. The van der Waals surface area contributed by atoms with Crippen LogP contribution in [0, 0.1) is 5.92 Å². The average Bonchev–Trinajstić information content (AvgIpc) is 3.05. The van der Waals surface area contributed by atoms with Gasteiger partial charge < -0.3 is 20.1 Å². The third kappa shape index (κ3) is 5.20. The summed E-state index contributed by atoms with van der Waals surface area (Å²) in [6, 6.07) is 3.60. The first kappa shape index (κ1) is 23.0. The van der Waals surface area contributed by atoms with Gasteiger partial charge in [0.2, 0.25) is 0 Å². The maximum Gasteiger partial charge on any atom is 0.410 e. The molecule has 29 heavy (non-hydrogen) atoms. The summed E-state index contributed by atoms with van der Waals surface area (Å²) in [7, 11) is -3.62. The number of hydrogen-bond acceptors (Lipinski definition) is 7. The second kappa shape index (κ2) is 8.61. The molecule has 1 unspecified atom stereocenters. The highest BCUT2D eigenvalue weighted by atomic mass is 32.2. The van der Waals surface area contributed by atoms with E-state index in [0.29, 0.717) is 17.7 Å². The van der Waals surface area contributed by atoms with Crippen molar-refractivity contribution in [2.45, 2.75) is 57.6 Å². The Morgan fingerprint density at radius 1 is 1.24 bits per heavy atom. The van der Waals surface area contributed by atoms with Crippen molar-refractivity contribution >= 4 is 27.6 Å². The zero-order valence-corrected chi connectivity index (χ0v) is 18.4. The van der Waals surface area contributed by atoms with Crippen LogP contribution >= 0.6 is 0 Å². The molecule has 2 rings (SSSR count). The molecule has 0 saturated carbocycles. The number of esters is 1. The number of rotatable bonds is 5. The number of hydrogen-bond donors (Lipinski definition) is 1. The molecule has 1 fully saturated rings. The molecule has 0 aliphatic carbocycles. The fraction of sp³-hybridized carbons (Fsp3) is 0.600. The lowest BCUT2D eigenvalue weighted by Crippen LogP contribution is -2.38. The van der Waals surface area contributed by atoms with Crippen molar-refractivity contribution in [2.75, 3.05) is 24.6 Å². The van der Waals surface area contributed by atoms with Gasteiger partial charge in [-0.15, -0.1) is 0 Å². The minimum atomic E-state index is -3.62. The monoisotopic (exact) mass is 426 g/mol. The number of nitrogens with zero attached hydrogens (tertiary/aromatic N) is 1. The zero-order valence-electron chi connectivity index (χ0n) is 17.6.